The fourth-order valence-electron chi connectivity index (χ4n) is 1.98. The van der Waals surface area contributed by atoms with E-state index >= 15 is 0 Å². The maximum Gasteiger partial charge on any atom is 0.600 e. The highest BCUT2D eigenvalue weighted by Gasteiger charge is 2.47. The predicted molar refractivity (Wildman–Crippen MR) is 69.1 cm³/mol. The summed E-state index contributed by atoms with van der Waals surface area (Å²) in [7, 11) is -1.72. The molecule has 0 saturated carbocycles. The number of hydrogen-bond donors (Lipinski definition) is 0. The minimum atomic E-state index is -4.15. The number of halogens is 4. The molecular formula is C12H13ClF3S+. The van der Waals surface area contributed by atoms with E-state index in [4.69, 9.17) is 0 Å². The van der Waals surface area contributed by atoms with Crippen molar-refractivity contribution in [2.75, 3.05) is 0 Å². The van der Waals surface area contributed by atoms with Crippen LogP contribution in [0, 0.1) is 6.92 Å². The van der Waals surface area contributed by atoms with Crippen molar-refractivity contribution in [2.45, 2.75) is 25.8 Å². The van der Waals surface area contributed by atoms with Crippen LogP contribution in [0.2, 0.25) is 0 Å². The number of fused-ring (bicyclic) bond motifs is 1. The predicted octanol–water partition coefficient (Wildman–Crippen LogP) is 5.36. The van der Waals surface area contributed by atoms with Gasteiger partial charge in [0.1, 0.15) is 0 Å². The number of hydrogen-bond acceptors (Lipinski definition) is 0. The van der Waals surface area contributed by atoms with Crippen molar-refractivity contribution < 1.29 is 13.2 Å². The van der Waals surface area contributed by atoms with Gasteiger partial charge in [-0.3, -0.25) is 0 Å². The van der Waals surface area contributed by atoms with Gasteiger partial charge in [0.05, 0.1) is 10.5 Å². The van der Waals surface area contributed by atoms with Crippen LogP contribution >= 0.6 is 22.9 Å². The summed E-state index contributed by atoms with van der Waals surface area (Å²) < 4.78 is 39.1. The topological polar surface area (TPSA) is 0 Å². The lowest BCUT2D eigenvalue weighted by atomic mass is 10.1. The standard InChI is InChI=1S/C12H12F3S.ClH/c1-3-9-5-4-6-11-10(9)7-8(2)16(11)12(13,14)15;/h4-7H,3H2,1-2H3;1H/q+1;. The van der Waals surface area contributed by atoms with Crippen molar-refractivity contribution >= 4 is 33.0 Å². The number of alkyl halides is 3. The maximum atomic E-state index is 12.9. The summed E-state index contributed by atoms with van der Waals surface area (Å²) in [5.41, 5.74) is -3.16. The molecule has 1 unspecified atom stereocenters. The third-order valence-electron chi connectivity index (χ3n) is 2.66. The van der Waals surface area contributed by atoms with Gasteiger partial charge in [-0.05, 0) is 18.1 Å². The molecule has 0 aliphatic heterocycles. The molecule has 1 aromatic heterocycles. The molecule has 5 heteroatoms. The summed E-state index contributed by atoms with van der Waals surface area (Å²) in [5.74, 6) is 0. The zero-order chi connectivity index (χ0) is 11.9. The largest absolute Gasteiger partial charge is 0.600 e. The summed E-state index contributed by atoms with van der Waals surface area (Å²) in [6.07, 6.45) is 0.766. The van der Waals surface area contributed by atoms with Gasteiger partial charge in [0.15, 0.2) is 9.58 Å². The van der Waals surface area contributed by atoms with E-state index in [9.17, 15) is 13.2 Å². The van der Waals surface area contributed by atoms with E-state index in [0.29, 0.717) is 9.58 Å². The van der Waals surface area contributed by atoms with E-state index in [0.717, 1.165) is 17.4 Å². The zero-order valence-electron chi connectivity index (χ0n) is 9.47. The van der Waals surface area contributed by atoms with Crippen LogP contribution in [-0.4, -0.2) is 0 Å². The van der Waals surface area contributed by atoms with Crippen molar-refractivity contribution in [2.24, 2.45) is 0 Å². The van der Waals surface area contributed by atoms with Gasteiger partial charge < -0.3 is 0 Å². The molecule has 0 nitrogen and oxygen atoms in total. The molecule has 2 aromatic rings. The molecule has 17 heavy (non-hydrogen) atoms. The van der Waals surface area contributed by atoms with Crippen molar-refractivity contribution in [1.29, 1.82) is 0 Å². The fourth-order valence-corrected chi connectivity index (χ4v) is 3.80. The van der Waals surface area contributed by atoms with E-state index in [1.807, 2.05) is 13.0 Å². The van der Waals surface area contributed by atoms with Crippen molar-refractivity contribution in [1.82, 2.24) is 0 Å². The van der Waals surface area contributed by atoms with Gasteiger partial charge in [-0.15, -0.1) is 25.6 Å². The summed E-state index contributed by atoms with van der Waals surface area (Å²) in [4.78, 5) is 0.420. The highest BCUT2D eigenvalue weighted by molar-refractivity contribution is 7.38. The second-order valence-electron chi connectivity index (χ2n) is 3.69. The lowest BCUT2D eigenvalue weighted by molar-refractivity contribution is -0.0867. The summed E-state index contributed by atoms with van der Waals surface area (Å²) >= 11 is 0. The average Bonchev–Trinajstić information content (AvgIpc) is 2.52. The first-order valence-electron chi connectivity index (χ1n) is 5.06. The van der Waals surface area contributed by atoms with E-state index in [1.54, 1.807) is 25.1 Å². The smallest absolute Gasteiger partial charge is 0.147 e. The first-order valence-corrected chi connectivity index (χ1v) is 6.29. The van der Waals surface area contributed by atoms with Crippen LogP contribution in [0.25, 0.3) is 10.1 Å². The molecule has 0 N–H and O–H groups in total. The van der Waals surface area contributed by atoms with Crippen LogP contribution in [0.3, 0.4) is 0 Å². The van der Waals surface area contributed by atoms with Gasteiger partial charge in [0.25, 0.3) is 0 Å². The highest BCUT2D eigenvalue weighted by Crippen LogP contribution is 2.50. The summed E-state index contributed by atoms with van der Waals surface area (Å²) in [5, 5.41) is 0.781. The lowest BCUT2D eigenvalue weighted by Gasteiger charge is -1.98. The number of rotatable bonds is 1. The maximum absolute atomic E-state index is 12.9. The number of benzene rings is 1. The second-order valence-corrected chi connectivity index (χ2v) is 5.85. The molecule has 0 amide bonds. The van der Waals surface area contributed by atoms with E-state index in [1.165, 1.54) is 0 Å². The molecular weight excluding hydrogens is 269 g/mol. The monoisotopic (exact) mass is 281 g/mol. The third-order valence-corrected chi connectivity index (χ3v) is 4.68. The van der Waals surface area contributed by atoms with Crippen LogP contribution in [0.5, 0.6) is 0 Å². The summed E-state index contributed by atoms with van der Waals surface area (Å²) in [6, 6.07) is 6.89. The van der Waals surface area contributed by atoms with Gasteiger partial charge >= 0.3 is 5.51 Å². The van der Waals surface area contributed by atoms with Gasteiger partial charge in [0, 0.05) is 18.4 Å². The van der Waals surface area contributed by atoms with Crippen molar-refractivity contribution in [3.8, 4) is 0 Å². The van der Waals surface area contributed by atoms with Gasteiger partial charge in [-0.1, -0.05) is 19.1 Å². The quantitative estimate of drug-likeness (QED) is 0.618. The van der Waals surface area contributed by atoms with Crippen LogP contribution in [0.4, 0.5) is 13.2 Å². The Bertz CT molecular complexity index is 528. The minimum Gasteiger partial charge on any atom is -0.147 e. The Kier molecular flexibility index (Phi) is 4.10. The molecule has 1 heterocycles. The molecule has 0 saturated heterocycles. The van der Waals surface area contributed by atoms with Gasteiger partial charge in [-0.25, -0.2) is 0 Å². The van der Waals surface area contributed by atoms with E-state index in [-0.39, 0.29) is 12.4 Å². The van der Waals surface area contributed by atoms with Gasteiger partial charge in [0.2, 0.25) is 0 Å². The molecule has 0 fully saturated rings. The normalized spacial score (nSPS) is 12.6. The Morgan fingerprint density at radius 1 is 1.24 bits per heavy atom. The Labute approximate surface area is 107 Å². The second kappa shape index (κ2) is 4.86. The van der Waals surface area contributed by atoms with Gasteiger partial charge in [-0.2, -0.15) is 0 Å². The molecule has 1 aromatic carbocycles. The number of thiophene rings is 1. The Hall–Kier alpha value is -0.740. The third kappa shape index (κ3) is 2.43. The van der Waals surface area contributed by atoms with Crippen molar-refractivity contribution in [3.63, 3.8) is 0 Å². The molecule has 0 spiro atoms. The van der Waals surface area contributed by atoms with Crippen LogP contribution < -0.4 is 0 Å². The molecule has 0 bridgehead atoms. The molecule has 2 rings (SSSR count). The SMILES string of the molecule is CCc1cccc2c1cc(C)[s+]2C(F)(F)F.Cl. The molecule has 0 radical (unpaired) electrons. The first-order chi connectivity index (χ1) is 7.45. The molecule has 1 atom stereocenters. The number of aryl methyl sites for hydroxylation is 2. The highest BCUT2D eigenvalue weighted by atomic mass is 35.5. The minimum absolute atomic E-state index is 0. The lowest BCUT2D eigenvalue weighted by Crippen LogP contribution is -1.96. The fraction of sp³-hybridized carbons (Fsp3) is 0.333. The van der Waals surface area contributed by atoms with E-state index in [2.05, 4.69) is 0 Å². The Morgan fingerprint density at radius 2 is 1.88 bits per heavy atom. The Balaban J connectivity index is 0.00000144. The first kappa shape index (κ1) is 14.3. The van der Waals surface area contributed by atoms with Crippen LogP contribution in [0.15, 0.2) is 24.3 Å². The molecule has 0 aliphatic carbocycles. The Morgan fingerprint density at radius 3 is 2.41 bits per heavy atom. The molecule has 0 aliphatic rings. The average molecular weight is 282 g/mol. The molecule has 94 valence electrons. The van der Waals surface area contributed by atoms with Crippen LogP contribution in [0.1, 0.15) is 17.4 Å². The zero-order valence-corrected chi connectivity index (χ0v) is 11.1. The van der Waals surface area contributed by atoms with Crippen LogP contribution in [-0.2, 0) is 11.9 Å². The summed E-state index contributed by atoms with van der Waals surface area (Å²) in [6.45, 7) is 3.53. The van der Waals surface area contributed by atoms with Crippen molar-refractivity contribution in [3.05, 3.63) is 34.7 Å². The van der Waals surface area contributed by atoms with E-state index < -0.39 is 16.0 Å².